The summed E-state index contributed by atoms with van der Waals surface area (Å²) >= 11 is 1.31. The van der Waals surface area contributed by atoms with Crippen molar-refractivity contribution in [3.05, 3.63) is 131 Å². The molecule has 188 valence electrons. The highest BCUT2D eigenvalue weighted by molar-refractivity contribution is 7.99. The predicted octanol–water partition coefficient (Wildman–Crippen LogP) is 4.76. The summed E-state index contributed by atoms with van der Waals surface area (Å²) in [6.07, 6.45) is 0. The fraction of sp³-hybridized carbons (Fsp3) is 0.133. The van der Waals surface area contributed by atoms with Gasteiger partial charge in [-0.1, -0.05) is 96.7 Å². The van der Waals surface area contributed by atoms with Gasteiger partial charge in [0.1, 0.15) is 0 Å². The van der Waals surface area contributed by atoms with Crippen molar-refractivity contribution in [1.82, 2.24) is 10.6 Å². The van der Waals surface area contributed by atoms with E-state index in [0.717, 1.165) is 11.1 Å². The molecular weight excluding hydrogens is 484 g/mol. The summed E-state index contributed by atoms with van der Waals surface area (Å²) in [4.78, 5) is 27.8. The van der Waals surface area contributed by atoms with Crippen LogP contribution in [0.15, 0.2) is 119 Å². The first-order valence-electron chi connectivity index (χ1n) is 11.9. The van der Waals surface area contributed by atoms with Gasteiger partial charge in [-0.2, -0.15) is 0 Å². The number of amides is 2. The van der Waals surface area contributed by atoms with Gasteiger partial charge in [0.15, 0.2) is 0 Å². The maximum absolute atomic E-state index is 13.2. The lowest BCUT2D eigenvalue weighted by Crippen LogP contribution is -2.31. The molecule has 0 aromatic heterocycles. The molecule has 2 atom stereocenters. The Hall–Kier alpha value is -3.91. The number of carbonyl (C=O) groups is 2. The van der Waals surface area contributed by atoms with Gasteiger partial charge < -0.3 is 20.8 Å². The van der Waals surface area contributed by atoms with Crippen molar-refractivity contribution in [3.63, 3.8) is 0 Å². The molecule has 4 aromatic rings. The zero-order valence-corrected chi connectivity index (χ0v) is 20.9. The van der Waals surface area contributed by atoms with Gasteiger partial charge in [0.05, 0.1) is 36.4 Å². The Morgan fingerprint density at radius 3 is 1.30 bits per heavy atom. The van der Waals surface area contributed by atoms with Gasteiger partial charge in [0.25, 0.3) is 11.8 Å². The standard InChI is InChI=1S/C30H28N2O4S/c33-19-25(21-11-3-1-4-12-21)31-29(35)23-15-7-9-17-27(23)37-28-18-10-8-16-24(28)30(36)32-26(20-34)22-13-5-2-6-14-22/h1-18,25-26,33-34H,19-20H2,(H,31,35)(H,32,36)/t25-,26-/m1/s1. The summed E-state index contributed by atoms with van der Waals surface area (Å²) < 4.78 is 0. The molecule has 0 bridgehead atoms. The molecule has 0 aliphatic rings. The van der Waals surface area contributed by atoms with Crippen LogP contribution in [0.4, 0.5) is 0 Å². The molecule has 0 saturated heterocycles. The van der Waals surface area contributed by atoms with E-state index in [0.29, 0.717) is 20.9 Å². The second kappa shape index (κ2) is 12.9. The Morgan fingerprint density at radius 1 is 0.568 bits per heavy atom. The van der Waals surface area contributed by atoms with Crippen LogP contribution in [0.3, 0.4) is 0 Å². The molecule has 0 aliphatic carbocycles. The second-order valence-corrected chi connectivity index (χ2v) is 9.42. The number of nitrogens with one attached hydrogen (secondary N) is 2. The molecule has 4 N–H and O–H groups in total. The molecule has 0 unspecified atom stereocenters. The molecule has 0 radical (unpaired) electrons. The summed E-state index contributed by atoms with van der Waals surface area (Å²) in [6.45, 7) is -0.469. The Kier molecular flexibility index (Phi) is 9.10. The SMILES string of the molecule is O=C(N[C@H](CO)c1ccccc1)c1ccccc1Sc1ccccc1C(=O)N[C@H](CO)c1ccccc1. The van der Waals surface area contributed by atoms with Crippen molar-refractivity contribution in [2.45, 2.75) is 21.9 Å². The lowest BCUT2D eigenvalue weighted by Gasteiger charge is -2.19. The summed E-state index contributed by atoms with van der Waals surface area (Å²) in [5, 5.41) is 25.6. The smallest absolute Gasteiger partial charge is 0.252 e. The summed E-state index contributed by atoms with van der Waals surface area (Å²) in [6, 6.07) is 31.8. The van der Waals surface area contributed by atoms with E-state index in [4.69, 9.17) is 0 Å². The highest BCUT2D eigenvalue weighted by Gasteiger charge is 2.21. The number of carbonyl (C=O) groups excluding carboxylic acids is 2. The van der Waals surface area contributed by atoms with Crippen LogP contribution in [0, 0.1) is 0 Å². The monoisotopic (exact) mass is 512 g/mol. The molecule has 0 saturated carbocycles. The Labute approximate surface area is 220 Å². The van der Waals surface area contributed by atoms with E-state index in [1.54, 1.807) is 24.3 Å². The zero-order valence-electron chi connectivity index (χ0n) is 20.1. The molecule has 6 nitrogen and oxygen atoms in total. The van der Waals surface area contributed by atoms with Crippen molar-refractivity contribution in [2.24, 2.45) is 0 Å². The van der Waals surface area contributed by atoms with Gasteiger partial charge in [0.2, 0.25) is 0 Å². The van der Waals surface area contributed by atoms with Crippen LogP contribution in [0.2, 0.25) is 0 Å². The van der Waals surface area contributed by atoms with Gasteiger partial charge in [-0.15, -0.1) is 0 Å². The highest BCUT2D eigenvalue weighted by atomic mass is 32.2. The first-order valence-corrected chi connectivity index (χ1v) is 12.7. The van der Waals surface area contributed by atoms with Crippen LogP contribution in [0.25, 0.3) is 0 Å². The molecule has 0 fully saturated rings. The van der Waals surface area contributed by atoms with Gasteiger partial charge in [-0.05, 0) is 35.4 Å². The largest absolute Gasteiger partial charge is 0.394 e. The van der Waals surface area contributed by atoms with Crippen LogP contribution in [-0.4, -0.2) is 35.2 Å². The number of aliphatic hydroxyl groups excluding tert-OH is 2. The maximum atomic E-state index is 13.2. The minimum absolute atomic E-state index is 0.235. The number of aliphatic hydroxyl groups is 2. The molecule has 0 aliphatic heterocycles. The average molecular weight is 513 g/mol. The summed E-state index contributed by atoms with van der Waals surface area (Å²) in [5.41, 5.74) is 2.49. The van der Waals surface area contributed by atoms with Crippen molar-refractivity contribution < 1.29 is 19.8 Å². The number of hydrogen-bond donors (Lipinski definition) is 4. The Balaban J connectivity index is 1.55. The predicted molar refractivity (Wildman–Crippen MR) is 144 cm³/mol. The quantitative estimate of drug-likeness (QED) is 0.246. The number of hydrogen-bond acceptors (Lipinski definition) is 5. The molecule has 2 amide bonds. The van der Waals surface area contributed by atoms with E-state index in [1.807, 2.05) is 84.9 Å². The first kappa shape index (κ1) is 26.2. The fourth-order valence-corrected chi connectivity index (χ4v) is 4.99. The third kappa shape index (κ3) is 6.65. The summed E-state index contributed by atoms with van der Waals surface area (Å²) in [5.74, 6) is -0.644. The van der Waals surface area contributed by atoms with E-state index < -0.39 is 12.1 Å². The lowest BCUT2D eigenvalue weighted by molar-refractivity contribution is 0.0907. The van der Waals surface area contributed by atoms with E-state index in [9.17, 15) is 19.8 Å². The third-order valence-corrected chi connectivity index (χ3v) is 7.01. The van der Waals surface area contributed by atoms with E-state index in [1.165, 1.54) is 11.8 Å². The van der Waals surface area contributed by atoms with Gasteiger partial charge >= 0.3 is 0 Å². The molecule has 37 heavy (non-hydrogen) atoms. The lowest BCUT2D eigenvalue weighted by atomic mass is 10.1. The second-order valence-electron chi connectivity index (χ2n) is 8.33. The van der Waals surface area contributed by atoms with Crippen LogP contribution in [0.1, 0.15) is 43.9 Å². The van der Waals surface area contributed by atoms with Crippen molar-refractivity contribution in [2.75, 3.05) is 13.2 Å². The van der Waals surface area contributed by atoms with Gasteiger partial charge in [0, 0.05) is 9.79 Å². The van der Waals surface area contributed by atoms with Crippen molar-refractivity contribution >= 4 is 23.6 Å². The highest BCUT2D eigenvalue weighted by Crippen LogP contribution is 2.33. The summed E-state index contributed by atoms with van der Waals surface area (Å²) in [7, 11) is 0. The topological polar surface area (TPSA) is 98.7 Å². The fourth-order valence-electron chi connectivity index (χ4n) is 3.92. The van der Waals surface area contributed by atoms with Crippen molar-refractivity contribution in [3.8, 4) is 0 Å². The molecule has 7 heteroatoms. The minimum Gasteiger partial charge on any atom is -0.394 e. The van der Waals surface area contributed by atoms with E-state index >= 15 is 0 Å². The first-order chi connectivity index (χ1) is 18.1. The van der Waals surface area contributed by atoms with Gasteiger partial charge in [-0.3, -0.25) is 9.59 Å². The molecular formula is C30H28N2O4S. The molecule has 4 rings (SSSR count). The van der Waals surface area contributed by atoms with E-state index in [2.05, 4.69) is 10.6 Å². The maximum Gasteiger partial charge on any atom is 0.252 e. The zero-order chi connectivity index (χ0) is 26.0. The van der Waals surface area contributed by atoms with Crippen LogP contribution in [-0.2, 0) is 0 Å². The van der Waals surface area contributed by atoms with Crippen molar-refractivity contribution in [1.29, 1.82) is 0 Å². The molecule has 0 spiro atoms. The van der Waals surface area contributed by atoms with Gasteiger partial charge in [-0.25, -0.2) is 0 Å². The Bertz CT molecular complexity index is 1230. The van der Waals surface area contributed by atoms with Crippen LogP contribution < -0.4 is 10.6 Å². The normalized spacial score (nSPS) is 12.4. The number of rotatable bonds is 10. The minimum atomic E-state index is -0.543. The molecule has 0 heterocycles. The average Bonchev–Trinajstić information content (AvgIpc) is 2.96. The third-order valence-electron chi connectivity index (χ3n) is 5.86. The van der Waals surface area contributed by atoms with Crippen LogP contribution >= 0.6 is 11.8 Å². The Morgan fingerprint density at radius 2 is 0.919 bits per heavy atom. The molecule has 4 aromatic carbocycles. The number of benzene rings is 4. The van der Waals surface area contributed by atoms with E-state index in [-0.39, 0.29) is 25.0 Å². The van der Waals surface area contributed by atoms with Crippen LogP contribution in [0.5, 0.6) is 0 Å².